The average Bonchev–Trinajstić information content (AvgIpc) is 3.21. The molecule has 0 saturated heterocycles. The van der Waals surface area contributed by atoms with Crippen molar-refractivity contribution in [2.24, 2.45) is 0 Å². The van der Waals surface area contributed by atoms with E-state index in [1.54, 1.807) is 10.8 Å². The molecule has 2 rings (SSSR count). The van der Waals surface area contributed by atoms with Gasteiger partial charge in [0.1, 0.15) is 0 Å². The van der Waals surface area contributed by atoms with Crippen LogP contribution in [0.3, 0.4) is 0 Å². The monoisotopic (exact) mass is 377 g/mol. The number of carbonyl (C=O) groups is 2. The van der Waals surface area contributed by atoms with Crippen LogP contribution in [0.2, 0.25) is 0 Å². The average molecular weight is 378 g/mol. The maximum Gasteiger partial charge on any atom is 0.262 e. The van der Waals surface area contributed by atoms with E-state index in [0.717, 1.165) is 12.8 Å². The zero-order valence-electron chi connectivity index (χ0n) is 16.4. The molecule has 2 heterocycles. The summed E-state index contributed by atoms with van der Waals surface area (Å²) >= 11 is 1.43. The van der Waals surface area contributed by atoms with Crippen molar-refractivity contribution in [1.82, 2.24) is 4.90 Å². The number of nitrogens with zero attached hydrogens (tertiary/aromatic N) is 1. The molecule has 0 N–H and O–H groups in total. The Hall–Kier alpha value is -1.16. The van der Waals surface area contributed by atoms with E-state index in [9.17, 15) is 9.59 Å². The van der Waals surface area contributed by atoms with Crippen LogP contribution in [0.25, 0.3) is 0 Å². The molecular formula is C22H35NO2S. The van der Waals surface area contributed by atoms with Crippen LogP contribution >= 0.6 is 11.3 Å². The molecule has 1 aromatic heterocycles. The fourth-order valence-corrected chi connectivity index (χ4v) is 4.47. The van der Waals surface area contributed by atoms with E-state index in [-0.39, 0.29) is 11.8 Å². The van der Waals surface area contributed by atoms with Gasteiger partial charge in [-0.1, -0.05) is 90.4 Å². The van der Waals surface area contributed by atoms with Crippen LogP contribution in [-0.4, -0.2) is 23.3 Å². The second-order valence-corrected chi connectivity index (χ2v) is 8.30. The highest BCUT2D eigenvalue weighted by atomic mass is 32.1. The first-order valence-electron chi connectivity index (χ1n) is 10.7. The Labute approximate surface area is 163 Å². The Balaban J connectivity index is 1.39. The molecule has 0 fully saturated rings. The molecular weight excluding hydrogens is 342 g/mol. The second-order valence-electron chi connectivity index (χ2n) is 7.56. The largest absolute Gasteiger partial charge is 0.274 e. The van der Waals surface area contributed by atoms with Crippen LogP contribution in [0.5, 0.6) is 0 Å². The summed E-state index contributed by atoms with van der Waals surface area (Å²) in [5.41, 5.74) is 1.20. The van der Waals surface area contributed by atoms with Gasteiger partial charge in [-0.2, -0.15) is 11.3 Å². The summed E-state index contributed by atoms with van der Waals surface area (Å²) in [7, 11) is 0. The van der Waals surface area contributed by atoms with Gasteiger partial charge in [-0.25, -0.2) is 0 Å². The molecule has 4 heteroatoms. The van der Waals surface area contributed by atoms with Gasteiger partial charge in [0.2, 0.25) is 0 Å². The Morgan fingerprint density at radius 1 is 0.654 bits per heavy atom. The Bertz CT molecular complexity index is 522. The zero-order valence-corrected chi connectivity index (χ0v) is 17.2. The molecule has 0 atom stereocenters. The van der Waals surface area contributed by atoms with Crippen LogP contribution in [0.4, 0.5) is 0 Å². The topological polar surface area (TPSA) is 37.4 Å². The highest BCUT2D eigenvalue weighted by molar-refractivity contribution is 7.08. The van der Waals surface area contributed by atoms with Crippen LogP contribution in [0, 0.1) is 0 Å². The second kappa shape index (κ2) is 12.3. The molecule has 0 spiro atoms. The van der Waals surface area contributed by atoms with Crippen molar-refractivity contribution in [3.63, 3.8) is 0 Å². The van der Waals surface area contributed by atoms with Gasteiger partial charge in [0.05, 0.1) is 11.1 Å². The van der Waals surface area contributed by atoms with E-state index < -0.39 is 0 Å². The normalized spacial score (nSPS) is 13.7. The van der Waals surface area contributed by atoms with E-state index in [2.05, 4.69) is 6.92 Å². The van der Waals surface area contributed by atoms with Crippen molar-refractivity contribution < 1.29 is 9.59 Å². The van der Waals surface area contributed by atoms with E-state index in [0.29, 0.717) is 17.7 Å². The van der Waals surface area contributed by atoms with E-state index in [4.69, 9.17) is 0 Å². The summed E-state index contributed by atoms with van der Waals surface area (Å²) < 4.78 is 0. The summed E-state index contributed by atoms with van der Waals surface area (Å²) in [6.45, 7) is 2.85. The van der Waals surface area contributed by atoms with Gasteiger partial charge in [-0.3, -0.25) is 14.5 Å². The Kier molecular flexibility index (Phi) is 9.98. The van der Waals surface area contributed by atoms with E-state index in [1.165, 1.54) is 93.3 Å². The van der Waals surface area contributed by atoms with Gasteiger partial charge in [0.25, 0.3) is 11.8 Å². The van der Waals surface area contributed by atoms with Crippen molar-refractivity contribution in [1.29, 1.82) is 0 Å². The molecule has 0 aromatic carbocycles. The molecule has 1 aromatic rings. The lowest BCUT2D eigenvalue weighted by atomic mass is 10.0. The lowest BCUT2D eigenvalue weighted by Crippen LogP contribution is -2.30. The smallest absolute Gasteiger partial charge is 0.262 e. The van der Waals surface area contributed by atoms with E-state index in [1.807, 2.05) is 0 Å². The third-order valence-corrected chi connectivity index (χ3v) is 6.09. The van der Waals surface area contributed by atoms with Gasteiger partial charge >= 0.3 is 0 Å². The predicted octanol–water partition coefficient (Wildman–Crippen LogP) is 6.83. The number of fused-ring (bicyclic) bond motifs is 1. The molecule has 0 aliphatic carbocycles. The predicted molar refractivity (Wildman–Crippen MR) is 110 cm³/mol. The van der Waals surface area contributed by atoms with Gasteiger partial charge in [0, 0.05) is 17.3 Å². The third kappa shape index (κ3) is 6.53. The molecule has 0 radical (unpaired) electrons. The van der Waals surface area contributed by atoms with Crippen molar-refractivity contribution >= 4 is 23.2 Å². The SMILES string of the molecule is CCCCCCCCCCCCCCCCN1C(=O)c2cscc2C1=O. The van der Waals surface area contributed by atoms with Gasteiger partial charge in [0.15, 0.2) is 0 Å². The quantitative estimate of drug-likeness (QED) is 0.248. The summed E-state index contributed by atoms with van der Waals surface area (Å²) in [5, 5.41) is 3.58. The molecule has 0 saturated carbocycles. The van der Waals surface area contributed by atoms with Crippen LogP contribution in [-0.2, 0) is 0 Å². The standard InChI is InChI=1S/C22H35NO2S/c1-2-3-4-5-6-7-8-9-10-11-12-13-14-15-16-23-21(24)19-17-26-18-20(19)22(23)25/h17-18H,2-16H2,1H3. The molecule has 0 unspecified atom stereocenters. The number of rotatable bonds is 15. The van der Waals surface area contributed by atoms with E-state index >= 15 is 0 Å². The zero-order chi connectivity index (χ0) is 18.6. The first-order valence-corrected chi connectivity index (χ1v) is 11.6. The maximum absolute atomic E-state index is 12.1. The Morgan fingerprint density at radius 2 is 1.04 bits per heavy atom. The van der Waals surface area contributed by atoms with Crippen molar-refractivity contribution in [3.8, 4) is 0 Å². The van der Waals surface area contributed by atoms with Crippen LogP contribution in [0.15, 0.2) is 10.8 Å². The molecule has 1 aliphatic heterocycles. The summed E-state index contributed by atoms with van der Waals surface area (Å²) in [4.78, 5) is 25.7. The molecule has 26 heavy (non-hydrogen) atoms. The fraction of sp³-hybridized carbons (Fsp3) is 0.727. The van der Waals surface area contributed by atoms with Gasteiger partial charge < -0.3 is 0 Å². The highest BCUT2D eigenvalue weighted by Crippen LogP contribution is 2.26. The lowest BCUT2D eigenvalue weighted by Gasteiger charge is -2.13. The number of amides is 2. The van der Waals surface area contributed by atoms with Crippen molar-refractivity contribution in [3.05, 3.63) is 21.9 Å². The van der Waals surface area contributed by atoms with Crippen molar-refractivity contribution in [2.45, 2.75) is 96.8 Å². The number of unbranched alkanes of at least 4 members (excludes halogenated alkanes) is 13. The maximum atomic E-state index is 12.1. The molecule has 0 bridgehead atoms. The number of imide groups is 1. The lowest BCUT2D eigenvalue weighted by molar-refractivity contribution is 0.0651. The number of carbonyl (C=O) groups excluding carboxylic acids is 2. The number of hydrogen-bond donors (Lipinski definition) is 0. The minimum Gasteiger partial charge on any atom is -0.274 e. The minimum absolute atomic E-state index is 0.0963. The first kappa shape index (κ1) is 21.1. The molecule has 3 nitrogen and oxygen atoms in total. The molecule has 146 valence electrons. The molecule has 2 amide bonds. The first-order chi connectivity index (χ1) is 12.8. The Morgan fingerprint density at radius 3 is 1.46 bits per heavy atom. The minimum atomic E-state index is -0.0963. The fourth-order valence-electron chi connectivity index (χ4n) is 3.68. The van der Waals surface area contributed by atoms with Crippen molar-refractivity contribution in [2.75, 3.05) is 6.54 Å². The number of hydrogen-bond acceptors (Lipinski definition) is 3. The summed E-state index contributed by atoms with van der Waals surface area (Å²) in [6.07, 6.45) is 18.4. The number of thiophene rings is 1. The highest BCUT2D eigenvalue weighted by Gasteiger charge is 2.35. The summed E-state index contributed by atoms with van der Waals surface area (Å²) in [5.74, 6) is -0.193. The molecule has 1 aliphatic rings. The summed E-state index contributed by atoms with van der Waals surface area (Å²) in [6, 6.07) is 0. The van der Waals surface area contributed by atoms with Gasteiger partial charge in [-0.15, -0.1) is 0 Å². The van der Waals surface area contributed by atoms with Crippen LogP contribution < -0.4 is 0 Å². The van der Waals surface area contributed by atoms with Crippen LogP contribution in [0.1, 0.15) is 118 Å². The third-order valence-electron chi connectivity index (χ3n) is 5.35. The van der Waals surface area contributed by atoms with Gasteiger partial charge in [-0.05, 0) is 6.42 Å².